The van der Waals surface area contributed by atoms with Gasteiger partial charge >= 0.3 is 0 Å². The highest BCUT2D eigenvalue weighted by Gasteiger charge is 2.12. The van der Waals surface area contributed by atoms with E-state index in [9.17, 15) is 13.9 Å². The zero-order valence-electron chi connectivity index (χ0n) is 10.8. The van der Waals surface area contributed by atoms with E-state index in [0.717, 1.165) is 16.1 Å². The SMILES string of the molecule is CC(NCc1cc(F)ccc1Br)c1ccc(O)cc1F. The normalized spacial score (nSPS) is 12.4. The van der Waals surface area contributed by atoms with Crippen molar-refractivity contribution in [1.29, 1.82) is 0 Å². The predicted molar refractivity (Wildman–Crippen MR) is 77.4 cm³/mol. The van der Waals surface area contributed by atoms with E-state index in [1.165, 1.54) is 24.3 Å². The standard InChI is InChI=1S/C15H14BrF2NO/c1-9(13-4-3-12(20)7-15(13)18)19-8-10-6-11(17)2-5-14(10)16/h2-7,9,19-20H,8H2,1H3. The molecular weight excluding hydrogens is 328 g/mol. The Labute approximate surface area is 124 Å². The number of hydrogen-bond donors (Lipinski definition) is 2. The van der Waals surface area contributed by atoms with Gasteiger partial charge in [-0.25, -0.2) is 8.78 Å². The summed E-state index contributed by atoms with van der Waals surface area (Å²) in [4.78, 5) is 0. The van der Waals surface area contributed by atoms with E-state index in [-0.39, 0.29) is 17.6 Å². The molecule has 2 nitrogen and oxygen atoms in total. The van der Waals surface area contributed by atoms with Crippen molar-refractivity contribution >= 4 is 15.9 Å². The maximum atomic E-state index is 13.7. The lowest BCUT2D eigenvalue weighted by atomic mass is 10.1. The van der Waals surface area contributed by atoms with Crippen LogP contribution in [0, 0.1) is 11.6 Å². The Morgan fingerprint density at radius 2 is 1.95 bits per heavy atom. The average Bonchev–Trinajstić information content (AvgIpc) is 2.39. The second-order valence-electron chi connectivity index (χ2n) is 4.54. The van der Waals surface area contributed by atoms with Gasteiger partial charge in [-0.15, -0.1) is 0 Å². The molecule has 1 unspecified atom stereocenters. The number of hydrogen-bond acceptors (Lipinski definition) is 2. The minimum absolute atomic E-state index is 0.105. The minimum atomic E-state index is -0.469. The molecule has 0 spiro atoms. The highest BCUT2D eigenvalue weighted by molar-refractivity contribution is 9.10. The lowest BCUT2D eigenvalue weighted by molar-refractivity contribution is 0.463. The Kier molecular flexibility index (Phi) is 4.73. The molecular formula is C15H14BrF2NO. The van der Waals surface area contributed by atoms with Crippen molar-refractivity contribution in [3.05, 3.63) is 63.6 Å². The first-order chi connectivity index (χ1) is 9.47. The fourth-order valence-electron chi connectivity index (χ4n) is 1.92. The molecule has 2 aromatic rings. The second-order valence-corrected chi connectivity index (χ2v) is 5.40. The van der Waals surface area contributed by atoms with Crippen molar-refractivity contribution in [3.63, 3.8) is 0 Å². The molecule has 2 N–H and O–H groups in total. The monoisotopic (exact) mass is 341 g/mol. The van der Waals surface area contributed by atoms with Crippen LogP contribution in [-0.4, -0.2) is 5.11 Å². The summed E-state index contributed by atoms with van der Waals surface area (Å²) in [5.41, 5.74) is 1.21. The van der Waals surface area contributed by atoms with Crippen molar-refractivity contribution in [3.8, 4) is 5.75 Å². The van der Waals surface area contributed by atoms with Gasteiger partial charge in [0.05, 0.1) is 0 Å². The van der Waals surface area contributed by atoms with Gasteiger partial charge in [0, 0.05) is 28.7 Å². The third kappa shape index (κ3) is 3.55. The molecule has 106 valence electrons. The summed E-state index contributed by atoms with van der Waals surface area (Å²) < 4.78 is 27.7. The fraction of sp³-hybridized carbons (Fsp3) is 0.200. The molecule has 20 heavy (non-hydrogen) atoms. The summed E-state index contributed by atoms with van der Waals surface area (Å²) in [7, 11) is 0. The van der Waals surface area contributed by atoms with Crippen LogP contribution in [0.2, 0.25) is 0 Å². The third-order valence-corrected chi connectivity index (χ3v) is 3.83. The molecule has 0 saturated carbocycles. The molecule has 0 fully saturated rings. The Bertz CT molecular complexity index is 619. The first-order valence-corrected chi connectivity index (χ1v) is 6.92. The predicted octanol–water partition coefficient (Wildman–Crippen LogP) is 4.28. The number of aromatic hydroxyl groups is 1. The molecule has 2 aromatic carbocycles. The summed E-state index contributed by atoms with van der Waals surface area (Å²) in [6.07, 6.45) is 0. The minimum Gasteiger partial charge on any atom is -0.508 e. The van der Waals surface area contributed by atoms with E-state index in [1.807, 2.05) is 6.92 Å². The van der Waals surface area contributed by atoms with Crippen LogP contribution in [-0.2, 0) is 6.54 Å². The summed E-state index contributed by atoms with van der Waals surface area (Å²) in [6, 6.07) is 8.22. The van der Waals surface area contributed by atoms with Crippen LogP contribution in [0.25, 0.3) is 0 Å². The Morgan fingerprint density at radius 3 is 2.65 bits per heavy atom. The van der Waals surface area contributed by atoms with Crippen LogP contribution >= 0.6 is 15.9 Å². The number of phenols is 1. The molecule has 0 saturated heterocycles. The number of nitrogens with one attached hydrogen (secondary N) is 1. The van der Waals surface area contributed by atoms with Crippen molar-refractivity contribution < 1.29 is 13.9 Å². The lowest BCUT2D eigenvalue weighted by Gasteiger charge is -2.16. The molecule has 0 radical (unpaired) electrons. The zero-order chi connectivity index (χ0) is 14.7. The van der Waals surface area contributed by atoms with E-state index in [1.54, 1.807) is 6.07 Å². The molecule has 0 amide bonds. The summed E-state index contributed by atoms with van der Waals surface area (Å²) in [5.74, 6) is -0.886. The molecule has 0 aliphatic heterocycles. The van der Waals surface area contributed by atoms with Crippen molar-refractivity contribution in [2.75, 3.05) is 0 Å². The van der Waals surface area contributed by atoms with Crippen LogP contribution in [0.3, 0.4) is 0 Å². The van der Waals surface area contributed by atoms with Gasteiger partial charge in [0.15, 0.2) is 0 Å². The fourth-order valence-corrected chi connectivity index (χ4v) is 2.31. The van der Waals surface area contributed by atoms with Gasteiger partial charge in [-0.05, 0) is 36.8 Å². The first kappa shape index (κ1) is 14.9. The summed E-state index contributed by atoms with van der Waals surface area (Å²) in [6.45, 7) is 2.21. The van der Waals surface area contributed by atoms with Crippen LogP contribution in [0.5, 0.6) is 5.75 Å². The number of benzene rings is 2. The maximum absolute atomic E-state index is 13.7. The van der Waals surface area contributed by atoms with E-state index < -0.39 is 5.82 Å². The smallest absolute Gasteiger partial charge is 0.131 e. The Hall–Kier alpha value is -1.46. The van der Waals surface area contributed by atoms with Gasteiger partial charge in [-0.1, -0.05) is 22.0 Å². The highest BCUT2D eigenvalue weighted by atomic mass is 79.9. The Balaban J connectivity index is 2.08. The Morgan fingerprint density at radius 1 is 1.20 bits per heavy atom. The van der Waals surface area contributed by atoms with E-state index >= 15 is 0 Å². The van der Waals surface area contributed by atoms with Crippen molar-refractivity contribution in [1.82, 2.24) is 5.32 Å². The molecule has 0 bridgehead atoms. The summed E-state index contributed by atoms with van der Waals surface area (Å²) >= 11 is 3.35. The topological polar surface area (TPSA) is 32.3 Å². The van der Waals surface area contributed by atoms with Gasteiger partial charge in [-0.2, -0.15) is 0 Å². The number of phenolic OH excluding ortho intramolecular Hbond substituents is 1. The van der Waals surface area contributed by atoms with Gasteiger partial charge < -0.3 is 10.4 Å². The van der Waals surface area contributed by atoms with Crippen LogP contribution in [0.4, 0.5) is 8.78 Å². The molecule has 5 heteroatoms. The van der Waals surface area contributed by atoms with E-state index in [2.05, 4.69) is 21.2 Å². The zero-order valence-corrected chi connectivity index (χ0v) is 12.4. The number of rotatable bonds is 4. The van der Waals surface area contributed by atoms with E-state index in [4.69, 9.17) is 0 Å². The van der Waals surface area contributed by atoms with Gasteiger partial charge in [0.1, 0.15) is 17.4 Å². The van der Waals surface area contributed by atoms with Crippen molar-refractivity contribution in [2.24, 2.45) is 0 Å². The van der Waals surface area contributed by atoms with Crippen LogP contribution < -0.4 is 5.32 Å². The second kappa shape index (κ2) is 6.33. The lowest BCUT2D eigenvalue weighted by Crippen LogP contribution is -2.19. The van der Waals surface area contributed by atoms with E-state index in [0.29, 0.717) is 12.1 Å². The van der Waals surface area contributed by atoms with Gasteiger partial charge in [0.2, 0.25) is 0 Å². The van der Waals surface area contributed by atoms with Gasteiger partial charge in [-0.3, -0.25) is 0 Å². The van der Waals surface area contributed by atoms with Crippen LogP contribution in [0.1, 0.15) is 24.1 Å². The molecule has 0 aliphatic rings. The highest BCUT2D eigenvalue weighted by Crippen LogP contribution is 2.23. The molecule has 1 atom stereocenters. The summed E-state index contributed by atoms with van der Waals surface area (Å²) in [5, 5.41) is 12.3. The molecule has 0 heterocycles. The van der Waals surface area contributed by atoms with Crippen LogP contribution in [0.15, 0.2) is 40.9 Å². The quantitative estimate of drug-likeness (QED) is 0.869. The molecule has 0 aromatic heterocycles. The number of halogens is 3. The molecule has 2 rings (SSSR count). The van der Waals surface area contributed by atoms with Crippen molar-refractivity contribution in [2.45, 2.75) is 19.5 Å². The maximum Gasteiger partial charge on any atom is 0.131 e. The molecule has 0 aliphatic carbocycles. The van der Waals surface area contributed by atoms with Gasteiger partial charge in [0.25, 0.3) is 0 Å². The average molecular weight is 342 g/mol. The third-order valence-electron chi connectivity index (χ3n) is 3.06. The first-order valence-electron chi connectivity index (χ1n) is 6.13. The largest absolute Gasteiger partial charge is 0.508 e.